The summed E-state index contributed by atoms with van der Waals surface area (Å²) in [4.78, 5) is 10.4. The van der Waals surface area contributed by atoms with Gasteiger partial charge in [-0.25, -0.2) is 4.39 Å². The Kier molecular flexibility index (Phi) is 4.92. The van der Waals surface area contributed by atoms with Gasteiger partial charge in [0, 0.05) is 18.7 Å². The number of nitro benzene ring substituents is 1. The Labute approximate surface area is 136 Å². The molecule has 0 aliphatic rings. The summed E-state index contributed by atoms with van der Waals surface area (Å²) < 4.78 is 19.6. The van der Waals surface area contributed by atoms with Crippen LogP contribution in [-0.2, 0) is 6.54 Å². The third-order valence-corrected chi connectivity index (χ3v) is 3.88. The summed E-state index contributed by atoms with van der Waals surface area (Å²) in [7, 11) is 0. The van der Waals surface area contributed by atoms with Crippen LogP contribution in [0.4, 0.5) is 10.1 Å². The lowest BCUT2D eigenvalue weighted by Crippen LogP contribution is -1.98. The molecule has 0 heterocycles. The molecule has 0 saturated carbocycles. The van der Waals surface area contributed by atoms with E-state index >= 15 is 0 Å². The van der Waals surface area contributed by atoms with Gasteiger partial charge in [0.2, 0.25) is 5.75 Å². The molecule has 5 nitrogen and oxygen atoms in total. The van der Waals surface area contributed by atoms with Crippen molar-refractivity contribution in [1.29, 1.82) is 0 Å². The molecular weight excluding hydrogens is 411 g/mol. The minimum atomic E-state index is -0.648. The van der Waals surface area contributed by atoms with Gasteiger partial charge in [0.05, 0.1) is 13.9 Å². The van der Waals surface area contributed by atoms with Crippen molar-refractivity contribution in [1.82, 2.24) is 0 Å². The van der Waals surface area contributed by atoms with Gasteiger partial charge < -0.3 is 10.5 Å². The second-order valence-electron chi connectivity index (χ2n) is 4.06. The summed E-state index contributed by atoms with van der Waals surface area (Å²) in [5.41, 5.74) is 6.05. The maximum Gasteiger partial charge on any atom is 0.312 e. The average molecular weight is 420 g/mol. The number of hydrogen-bond acceptors (Lipinski definition) is 4. The normalized spacial score (nSPS) is 10.5. The van der Waals surface area contributed by atoms with Crippen LogP contribution < -0.4 is 10.5 Å². The monoisotopic (exact) mass is 418 g/mol. The molecule has 0 fully saturated rings. The predicted molar refractivity (Wildman–Crippen MR) is 82.9 cm³/mol. The van der Waals surface area contributed by atoms with Crippen LogP contribution in [0.2, 0.25) is 0 Å². The maximum atomic E-state index is 13.6. The van der Waals surface area contributed by atoms with E-state index in [2.05, 4.69) is 31.9 Å². The van der Waals surface area contributed by atoms with E-state index < -0.39 is 10.7 Å². The van der Waals surface area contributed by atoms with Crippen LogP contribution in [0.15, 0.2) is 39.3 Å². The molecule has 2 aromatic carbocycles. The number of benzene rings is 2. The molecule has 0 radical (unpaired) electrons. The van der Waals surface area contributed by atoms with Crippen LogP contribution in [0.1, 0.15) is 5.56 Å². The molecule has 2 aromatic rings. The molecule has 0 amide bonds. The molecule has 0 saturated heterocycles. The lowest BCUT2D eigenvalue weighted by molar-refractivity contribution is -0.385. The van der Waals surface area contributed by atoms with Crippen molar-refractivity contribution >= 4 is 37.5 Å². The first kappa shape index (κ1) is 15.9. The van der Waals surface area contributed by atoms with Gasteiger partial charge in [-0.2, -0.15) is 0 Å². The number of halogens is 3. The van der Waals surface area contributed by atoms with E-state index in [-0.39, 0.29) is 15.9 Å². The molecule has 0 bridgehead atoms. The van der Waals surface area contributed by atoms with E-state index in [9.17, 15) is 14.5 Å². The van der Waals surface area contributed by atoms with Crippen molar-refractivity contribution in [2.75, 3.05) is 0 Å². The molecule has 2 rings (SSSR count). The number of ether oxygens (including phenoxy) is 1. The van der Waals surface area contributed by atoms with Crippen molar-refractivity contribution in [2.45, 2.75) is 6.54 Å². The standard InChI is InChI=1S/C13H9Br2FN2O3/c14-8-4-11(18(19)20)13(5-10(8)16)21-12-2-1-7(6-17)3-9(12)15/h1-5H,6,17H2. The summed E-state index contributed by atoms with van der Waals surface area (Å²) in [6.07, 6.45) is 0. The predicted octanol–water partition coefficient (Wildman–Crippen LogP) is 4.51. The van der Waals surface area contributed by atoms with Gasteiger partial charge in [-0.3, -0.25) is 10.1 Å². The molecule has 21 heavy (non-hydrogen) atoms. The van der Waals surface area contributed by atoms with Crippen LogP contribution in [0, 0.1) is 15.9 Å². The zero-order valence-electron chi connectivity index (χ0n) is 10.5. The average Bonchev–Trinajstić information content (AvgIpc) is 2.44. The summed E-state index contributed by atoms with van der Waals surface area (Å²) in [6, 6.07) is 7.09. The zero-order chi connectivity index (χ0) is 15.6. The number of nitro groups is 1. The van der Waals surface area contributed by atoms with Gasteiger partial charge >= 0.3 is 5.69 Å². The smallest absolute Gasteiger partial charge is 0.312 e. The highest BCUT2D eigenvalue weighted by molar-refractivity contribution is 9.10. The van der Waals surface area contributed by atoms with Gasteiger partial charge in [-0.15, -0.1) is 0 Å². The SMILES string of the molecule is NCc1ccc(Oc2cc(F)c(Br)cc2[N+](=O)[O-])c(Br)c1. The van der Waals surface area contributed by atoms with Gasteiger partial charge in [0.25, 0.3) is 0 Å². The van der Waals surface area contributed by atoms with Gasteiger partial charge in [-0.1, -0.05) is 6.07 Å². The molecule has 110 valence electrons. The fourth-order valence-electron chi connectivity index (χ4n) is 1.62. The van der Waals surface area contributed by atoms with Gasteiger partial charge in [-0.05, 0) is 49.6 Å². The molecule has 0 aliphatic carbocycles. The maximum absolute atomic E-state index is 13.6. The summed E-state index contributed by atoms with van der Waals surface area (Å²) >= 11 is 6.20. The minimum absolute atomic E-state index is 0.000838. The highest BCUT2D eigenvalue weighted by atomic mass is 79.9. The molecule has 8 heteroatoms. The number of nitrogens with two attached hydrogens (primary N) is 1. The van der Waals surface area contributed by atoms with E-state index in [0.29, 0.717) is 16.8 Å². The molecule has 0 aromatic heterocycles. The Balaban J connectivity index is 2.43. The van der Waals surface area contributed by atoms with E-state index in [4.69, 9.17) is 10.5 Å². The Morgan fingerprint density at radius 1 is 1.19 bits per heavy atom. The van der Waals surface area contributed by atoms with E-state index in [1.54, 1.807) is 18.2 Å². The third kappa shape index (κ3) is 3.58. The van der Waals surface area contributed by atoms with Crippen molar-refractivity contribution in [2.24, 2.45) is 5.73 Å². The van der Waals surface area contributed by atoms with Gasteiger partial charge in [0.15, 0.2) is 0 Å². The van der Waals surface area contributed by atoms with Gasteiger partial charge in [0.1, 0.15) is 11.6 Å². The second kappa shape index (κ2) is 6.50. The minimum Gasteiger partial charge on any atom is -0.449 e. The molecule has 0 atom stereocenters. The lowest BCUT2D eigenvalue weighted by atomic mass is 10.2. The van der Waals surface area contributed by atoms with Crippen LogP contribution in [-0.4, -0.2) is 4.92 Å². The fourth-order valence-corrected chi connectivity index (χ4v) is 2.45. The van der Waals surface area contributed by atoms with Crippen molar-refractivity contribution in [3.63, 3.8) is 0 Å². The number of rotatable bonds is 4. The first-order chi connectivity index (χ1) is 9.92. The fraction of sp³-hybridized carbons (Fsp3) is 0.0769. The van der Waals surface area contributed by atoms with Crippen LogP contribution in [0.5, 0.6) is 11.5 Å². The molecular formula is C13H9Br2FN2O3. The third-order valence-electron chi connectivity index (χ3n) is 2.65. The van der Waals surface area contributed by atoms with E-state index in [0.717, 1.165) is 17.7 Å². The van der Waals surface area contributed by atoms with Crippen molar-refractivity contribution < 1.29 is 14.1 Å². The van der Waals surface area contributed by atoms with Crippen LogP contribution >= 0.6 is 31.9 Å². The topological polar surface area (TPSA) is 78.4 Å². The highest BCUT2D eigenvalue weighted by Gasteiger charge is 2.20. The largest absolute Gasteiger partial charge is 0.449 e. The number of hydrogen-bond donors (Lipinski definition) is 1. The molecule has 0 spiro atoms. The lowest BCUT2D eigenvalue weighted by Gasteiger charge is -2.10. The van der Waals surface area contributed by atoms with Crippen LogP contribution in [0.3, 0.4) is 0 Å². The van der Waals surface area contributed by atoms with E-state index in [1.165, 1.54) is 0 Å². The molecule has 0 aliphatic heterocycles. The Morgan fingerprint density at radius 3 is 2.48 bits per heavy atom. The Hall–Kier alpha value is -1.51. The quantitative estimate of drug-likeness (QED) is 0.584. The van der Waals surface area contributed by atoms with Crippen LogP contribution in [0.25, 0.3) is 0 Å². The molecule has 2 N–H and O–H groups in total. The highest BCUT2D eigenvalue weighted by Crippen LogP contribution is 2.38. The Bertz CT molecular complexity index is 710. The summed E-state index contributed by atoms with van der Waals surface area (Å²) in [6.45, 7) is 0.353. The molecule has 0 unspecified atom stereocenters. The Morgan fingerprint density at radius 2 is 1.90 bits per heavy atom. The van der Waals surface area contributed by atoms with E-state index in [1.807, 2.05) is 0 Å². The first-order valence-electron chi connectivity index (χ1n) is 5.72. The summed E-state index contributed by atoms with van der Waals surface area (Å²) in [5, 5.41) is 11.0. The van der Waals surface area contributed by atoms with Crippen molar-refractivity contribution in [3.05, 3.63) is 60.8 Å². The first-order valence-corrected chi connectivity index (χ1v) is 7.30. The second-order valence-corrected chi connectivity index (χ2v) is 5.77. The number of nitrogens with zero attached hydrogens (tertiary/aromatic N) is 1. The van der Waals surface area contributed by atoms with Crippen molar-refractivity contribution in [3.8, 4) is 11.5 Å². The summed E-state index contributed by atoms with van der Waals surface area (Å²) in [5.74, 6) is -0.496. The zero-order valence-corrected chi connectivity index (χ0v) is 13.6.